The number of aromatic nitrogens is 1. The summed E-state index contributed by atoms with van der Waals surface area (Å²) < 4.78 is 13.2. The molecular weight excluding hydrogens is 291 g/mol. The molecule has 1 aromatic heterocycles. The maximum absolute atomic E-state index is 13.2. The quantitative estimate of drug-likeness (QED) is 0.946. The van der Waals surface area contributed by atoms with Crippen LogP contribution >= 0.6 is 0 Å². The molecule has 3 unspecified atom stereocenters. The molecule has 3 nitrogen and oxygen atoms in total. The molecule has 120 valence electrons. The van der Waals surface area contributed by atoms with E-state index >= 15 is 0 Å². The molecule has 2 aromatic rings. The third-order valence-electron chi connectivity index (χ3n) is 5.53. The highest BCUT2D eigenvalue weighted by atomic mass is 19.1. The molecule has 1 N–H and O–H groups in total. The van der Waals surface area contributed by atoms with E-state index in [0.717, 1.165) is 38.0 Å². The predicted octanol–water partition coefficient (Wildman–Crippen LogP) is 2.95. The summed E-state index contributed by atoms with van der Waals surface area (Å²) in [4.78, 5) is 6.47. The summed E-state index contributed by atoms with van der Waals surface area (Å²) in [6.07, 6.45) is 5.45. The van der Waals surface area contributed by atoms with Gasteiger partial charge in [-0.1, -0.05) is 12.1 Å². The first kappa shape index (κ1) is 14.8. The maximum atomic E-state index is 13.2. The molecule has 0 radical (unpaired) electrons. The van der Waals surface area contributed by atoms with Crippen LogP contribution in [0, 0.1) is 17.7 Å². The van der Waals surface area contributed by atoms with E-state index in [1.807, 2.05) is 24.5 Å². The van der Waals surface area contributed by atoms with Crippen LogP contribution in [0.4, 0.5) is 4.39 Å². The van der Waals surface area contributed by atoms with Gasteiger partial charge in [-0.3, -0.25) is 9.88 Å². The maximum Gasteiger partial charge on any atom is 0.123 e. The number of pyridine rings is 1. The van der Waals surface area contributed by atoms with E-state index < -0.39 is 5.60 Å². The Balaban J connectivity index is 1.52. The Bertz CT molecular complexity index is 676. The number of likely N-dealkylation sites (tertiary alicyclic amines) is 1. The monoisotopic (exact) mass is 312 g/mol. The molecule has 2 aliphatic rings. The van der Waals surface area contributed by atoms with Crippen molar-refractivity contribution >= 4 is 0 Å². The summed E-state index contributed by atoms with van der Waals surface area (Å²) in [7, 11) is 0. The minimum absolute atomic E-state index is 0.231. The van der Waals surface area contributed by atoms with Gasteiger partial charge in [0.2, 0.25) is 0 Å². The van der Waals surface area contributed by atoms with Crippen molar-refractivity contribution in [1.82, 2.24) is 9.88 Å². The number of rotatable bonds is 3. The molecule has 2 fully saturated rings. The molecule has 1 aromatic carbocycles. The van der Waals surface area contributed by atoms with Crippen molar-refractivity contribution in [1.29, 1.82) is 0 Å². The van der Waals surface area contributed by atoms with E-state index in [9.17, 15) is 9.50 Å². The van der Waals surface area contributed by atoms with Gasteiger partial charge < -0.3 is 5.11 Å². The van der Waals surface area contributed by atoms with Gasteiger partial charge in [0.25, 0.3) is 0 Å². The van der Waals surface area contributed by atoms with Crippen LogP contribution in [0.2, 0.25) is 0 Å². The van der Waals surface area contributed by atoms with Gasteiger partial charge in [-0.05, 0) is 54.2 Å². The van der Waals surface area contributed by atoms with Gasteiger partial charge in [0, 0.05) is 37.9 Å². The van der Waals surface area contributed by atoms with Gasteiger partial charge in [-0.15, -0.1) is 0 Å². The fourth-order valence-corrected chi connectivity index (χ4v) is 4.36. The van der Waals surface area contributed by atoms with Gasteiger partial charge in [0.05, 0.1) is 5.60 Å². The second-order valence-corrected chi connectivity index (χ2v) is 6.89. The van der Waals surface area contributed by atoms with Gasteiger partial charge in [-0.25, -0.2) is 4.39 Å². The van der Waals surface area contributed by atoms with Crippen molar-refractivity contribution in [2.45, 2.75) is 25.0 Å². The molecule has 3 atom stereocenters. The normalized spacial score (nSPS) is 30.5. The highest BCUT2D eigenvalue weighted by Gasteiger charge is 2.52. The minimum atomic E-state index is -0.814. The Hall–Kier alpha value is -1.78. The van der Waals surface area contributed by atoms with E-state index in [1.54, 1.807) is 12.1 Å². The van der Waals surface area contributed by atoms with Crippen LogP contribution in [0.15, 0.2) is 48.8 Å². The number of fused-ring (bicyclic) bond motifs is 1. The van der Waals surface area contributed by atoms with Crippen molar-refractivity contribution in [3.63, 3.8) is 0 Å². The molecule has 1 saturated heterocycles. The zero-order valence-corrected chi connectivity index (χ0v) is 13.0. The lowest BCUT2D eigenvalue weighted by molar-refractivity contribution is -0.00688. The average molecular weight is 312 g/mol. The van der Waals surface area contributed by atoms with Crippen LogP contribution in [0.3, 0.4) is 0 Å². The summed E-state index contributed by atoms with van der Waals surface area (Å²) in [6.45, 7) is 2.81. The summed E-state index contributed by atoms with van der Waals surface area (Å²) in [6, 6.07) is 10.5. The number of halogens is 1. The zero-order chi connectivity index (χ0) is 15.9. The molecule has 23 heavy (non-hydrogen) atoms. The Labute approximate surface area is 135 Å². The van der Waals surface area contributed by atoms with Crippen LogP contribution in [0.1, 0.15) is 24.0 Å². The van der Waals surface area contributed by atoms with E-state index in [0.29, 0.717) is 5.92 Å². The molecule has 1 aliphatic heterocycles. The van der Waals surface area contributed by atoms with Gasteiger partial charge in [0.1, 0.15) is 5.82 Å². The number of benzene rings is 1. The Kier molecular flexibility index (Phi) is 3.66. The second-order valence-electron chi connectivity index (χ2n) is 6.89. The molecule has 0 amide bonds. The summed E-state index contributed by atoms with van der Waals surface area (Å²) in [5, 5.41) is 11.2. The fraction of sp³-hybridized carbons (Fsp3) is 0.421. The fourth-order valence-electron chi connectivity index (χ4n) is 4.36. The Morgan fingerprint density at radius 2 is 1.87 bits per heavy atom. The number of nitrogens with zero attached hydrogens (tertiary/aromatic N) is 2. The number of aliphatic hydroxyl groups is 1. The molecule has 4 rings (SSSR count). The van der Waals surface area contributed by atoms with Crippen LogP contribution in [-0.4, -0.2) is 28.1 Å². The van der Waals surface area contributed by atoms with E-state index in [-0.39, 0.29) is 11.7 Å². The van der Waals surface area contributed by atoms with Crippen molar-refractivity contribution in [2.75, 3.05) is 13.1 Å². The first-order chi connectivity index (χ1) is 11.1. The van der Waals surface area contributed by atoms with Gasteiger partial charge in [0.15, 0.2) is 0 Å². The van der Waals surface area contributed by atoms with Gasteiger partial charge in [-0.2, -0.15) is 0 Å². The third kappa shape index (κ3) is 2.66. The number of hydrogen-bond donors (Lipinski definition) is 1. The Morgan fingerprint density at radius 3 is 2.61 bits per heavy atom. The first-order valence-electron chi connectivity index (χ1n) is 8.25. The Morgan fingerprint density at radius 1 is 1.13 bits per heavy atom. The topological polar surface area (TPSA) is 36.4 Å². The van der Waals surface area contributed by atoms with Crippen LogP contribution < -0.4 is 0 Å². The lowest BCUT2D eigenvalue weighted by Gasteiger charge is -2.31. The minimum Gasteiger partial charge on any atom is -0.385 e. The third-order valence-corrected chi connectivity index (χ3v) is 5.53. The molecule has 0 spiro atoms. The van der Waals surface area contributed by atoms with E-state index in [1.165, 1.54) is 17.7 Å². The van der Waals surface area contributed by atoms with E-state index in [2.05, 4.69) is 9.88 Å². The SMILES string of the molecule is OC1(c2ccc(F)cc2)CCC2CN(Cc3ccncc3)CC21. The second kappa shape index (κ2) is 5.69. The average Bonchev–Trinajstić information content (AvgIpc) is 3.10. The lowest BCUT2D eigenvalue weighted by atomic mass is 9.82. The van der Waals surface area contributed by atoms with Crippen LogP contribution in [0.5, 0.6) is 0 Å². The highest BCUT2D eigenvalue weighted by molar-refractivity contribution is 5.27. The summed E-state index contributed by atoms with van der Waals surface area (Å²) >= 11 is 0. The van der Waals surface area contributed by atoms with Crippen molar-refractivity contribution in [3.05, 3.63) is 65.7 Å². The van der Waals surface area contributed by atoms with Crippen molar-refractivity contribution in [3.8, 4) is 0 Å². The molecule has 2 heterocycles. The molecule has 1 aliphatic carbocycles. The summed E-state index contributed by atoms with van der Waals surface area (Å²) in [5.41, 5.74) is 1.30. The van der Waals surface area contributed by atoms with Crippen LogP contribution in [0.25, 0.3) is 0 Å². The predicted molar refractivity (Wildman–Crippen MR) is 86.0 cm³/mol. The van der Waals surface area contributed by atoms with Crippen molar-refractivity contribution < 1.29 is 9.50 Å². The zero-order valence-electron chi connectivity index (χ0n) is 13.0. The molecule has 1 saturated carbocycles. The summed E-state index contributed by atoms with van der Waals surface area (Å²) in [5.74, 6) is 0.499. The lowest BCUT2D eigenvalue weighted by Crippen LogP contribution is -2.34. The highest BCUT2D eigenvalue weighted by Crippen LogP contribution is 2.50. The van der Waals surface area contributed by atoms with E-state index in [4.69, 9.17) is 0 Å². The molecule has 0 bridgehead atoms. The van der Waals surface area contributed by atoms with Gasteiger partial charge >= 0.3 is 0 Å². The first-order valence-corrected chi connectivity index (χ1v) is 8.25. The van der Waals surface area contributed by atoms with Crippen LogP contribution in [-0.2, 0) is 12.1 Å². The smallest absolute Gasteiger partial charge is 0.123 e. The molecule has 4 heteroatoms. The largest absolute Gasteiger partial charge is 0.385 e. The molecular formula is C19H21FN2O. The standard InChI is InChI=1S/C19H21FN2O/c20-17-3-1-16(2-4-17)19(23)8-5-15-12-22(13-18(15)19)11-14-6-9-21-10-7-14/h1-4,6-7,9-10,15,18,23H,5,8,11-13H2. The number of hydrogen-bond acceptors (Lipinski definition) is 3. The van der Waals surface area contributed by atoms with Crippen molar-refractivity contribution in [2.24, 2.45) is 11.8 Å².